The lowest BCUT2D eigenvalue weighted by molar-refractivity contribution is -0.188. The number of aliphatic hydroxyl groups excluding tert-OH is 1. The first-order valence-corrected chi connectivity index (χ1v) is 7.85. The van der Waals surface area contributed by atoms with Gasteiger partial charge in [-0.15, -0.1) is 0 Å². The van der Waals surface area contributed by atoms with Gasteiger partial charge in [-0.05, 0) is 32.2 Å². The number of alkyl halides is 3. The third kappa shape index (κ3) is 4.10. The van der Waals surface area contributed by atoms with E-state index in [2.05, 4.69) is 0 Å². The van der Waals surface area contributed by atoms with Gasteiger partial charge in [0, 0.05) is 25.1 Å². The maximum absolute atomic E-state index is 12.9. The molecule has 20 heavy (non-hydrogen) atoms. The standard InChI is InChI=1S/C15H26F3NO/c16-15(17,18)13-6-5-9-19(10-13)11-14(12-20)7-3-1-2-4-8-14/h13,20H,1-12H2. The number of aliphatic hydroxyl groups is 1. The number of hydrogen-bond acceptors (Lipinski definition) is 2. The molecule has 1 unspecified atom stereocenters. The van der Waals surface area contributed by atoms with Gasteiger partial charge in [-0.3, -0.25) is 0 Å². The number of hydrogen-bond donors (Lipinski definition) is 1. The van der Waals surface area contributed by atoms with Crippen LogP contribution in [0, 0.1) is 11.3 Å². The number of nitrogens with zero attached hydrogens (tertiary/aromatic N) is 1. The van der Waals surface area contributed by atoms with E-state index in [-0.39, 0.29) is 25.0 Å². The Morgan fingerprint density at radius 3 is 2.25 bits per heavy atom. The van der Waals surface area contributed by atoms with E-state index in [1.165, 1.54) is 12.8 Å². The lowest BCUT2D eigenvalue weighted by atomic mass is 9.80. The van der Waals surface area contributed by atoms with Crippen LogP contribution in [0.4, 0.5) is 13.2 Å². The third-order valence-corrected chi connectivity index (χ3v) is 5.03. The Morgan fingerprint density at radius 1 is 1.05 bits per heavy atom. The summed E-state index contributed by atoms with van der Waals surface area (Å²) in [7, 11) is 0. The van der Waals surface area contributed by atoms with E-state index in [0.717, 1.165) is 32.2 Å². The van der Waals surface area contributed by atoms with Crippen LogP contribution in [0.2, 0.25) is 0 Å². The van der Waals surface area contributed by atoms with Crippen LogP contribution >= 0.6 is 0 Å². The molecule has 0 radical (unpaired) electrons. The van der Waals surface area contributed by atoms with Gasteiger partial charge in [0.15, 0.2) is 0 Å². The fourth-order valence-electron chi connectivity index (χ4n) is 3.79. The summed E-state index contributed by atoms with van der Waals surface area (Å²) in [6.07, 6.45) is 3.27. The molecular weight excluding hydrogens is 267 g/mol. The van der Waals surface area contributed by atoms with Crippen LogP contribution in [0.25, 0.3) is 0 Å². The summed E-state index contributed by atoms with van der Waals surface area (Å²) in [6.45, 7) is 1.61. The van der Waals surface area contributed by atoms with Gasteiger partial charge in [-0.2, -0.15) is 13.2 Å². The van der Waals surface area contributed by atoms with Gasteiger partial charge in [0.2, 0.25) is 0 Å². The number of piperidine rings is 1. The molecule has 118 valence electrons. The Kier molecular flexibility index (Phi) is 5.35. The molecule has 1 heterocycles. The van der Waals surface area contributed by atoms with Crippen molar-refractivity contribution in [2.24, 2.45) is 11.3 Å². The predicted octanol–water partition coefficient (Wildman–Crippen LogP) is 3.59. The Morgan fingerprint density at radius 2 is 1.70 bits per heavy atom. The first-order chi connectivity index (χ1) is 9.45. The topological polar surface area (TPSA) is 23.5 Å². The lowest BCUT2D eigenvalue weighted by Gasteiger charge is -2.40. The number of halogens is 3. The minimum Gasteiger partial charge on any atom is -0.396 e. The smallest absolute Gasteiger partial charge is 0.393 e. The summed E-state index contributed by atoms with van der Waals surface area (Å²) < 4.78 is 38.6. The molecule has 0 aromatic carbocycles. The average molecular weight is 293 g/mol. The van der Waals surface area contributed by atoms with Crippen LogP contribution < -0.4 is 0 Å². The second-order valence-electron chi connectivity index (χ2n) is 6.69. The Labute approximate surface area is 119 Å². The molecule has 0 spiro atoms. The highest BCUT2D eigenvalue weighted by Gasteiger charge is 2.43. The van der Waals surface area contributed by atoms with E-state index in [1.807, 2.05) is 4.90 Å². The van der Waals surface area contributed by atoms with Crippen molar-refractivity contribution in [2.75, 3.05) is 26.2 Å². The molecule has 2 rings (SSSR count). The quantitative estimate of drug-likeness (QED) is 0.804. The first kappa shape index (κ1) is 16.1. The van der Waals surface area contributed by atoms with E-state index in [4.69, 9.17) is 0 Å². The maximum Gasteiger partial charge on any atom is 0.393 e. The fourth-order valence-corrected chi connectivity index (χ4v) is 3.79. The molecule has 0 aromatic heterocycles. The molecule has 2 fully saturated rings. The zero-order chi connectivity index (χ0) is 14.6. The predicted molar refractivity (Wildman–Crippen MR) is 72.4 cm³/mol. The van der Waals surface area contributed by atoms with Crippen molar-refractivity contribution in [3.63, 3.8) is 0 Å². The van der Waals surface area contributed by atoms with Gasteiger partial charge in [-0.1, -0.05) is 25.7 Å². The molecule has 0 bridgehead atoms. The van der Waals surface area contributed by atoms with Crippen molar-refractivity contribution >= 4 is 0 Å². The molecule has 1 aliphatic heterocycles. The summed E-state index contributed by atoms with van der Waals surface area (Å²) in [5.74, 6) is -1.18. The Bertz CT molecular complexity index is 298. The Balaban J connectivity index is 1.96. The molecule has 1 saturated heterocycles. The number of rotatable bonds is 3. The van der Waals surface area contributed by atoms with Gasteiger partial charge < -0.3 is 10.0 Å². The molecule has 1 saturated carbocycles. The SMILES string of the molecule is OCC1(CN2CCCC(C(F)(F)F)C2)CCCCCC1. The minimum atomic E-state index is -4.07. The minimum absolute atomic E-state index is 0.111. The first-order valence-electron chi connectivity index (χ1n) is 7.85. The number of likely N-dealkylation sites (tertiary alicyclic amines) is 1. The highest BCUT2D eigenvalue weighted by molar-refractivity contribution is 4.87. The van der Waals surface area contributed by atoms with E-state index in [1.54, 1.807) is 0 Å². The van der Waals surface area contributed by atoms with E-state index in [0.29, 0.717) is 13.0 Å². The van der Waals surface area contributed by atoms with Crippen LogP contribution in [0.5, 0.6) is 0 Å². The molecule has 5 heteroatoms. The van der Waals surface area contributed by atoms with Gasteiger partial charge >= 0.3 is 6.18 Å². The second kappa shape index (κ2) is 6.65. The van der Waals surface area contributed by atoms with Crippen LogP contribution in [-0.4, -0.2) is 42.4 Å². The third-order valence-electron chi connectivity index (χ3n) is 5.03. The highest BCUT2D eigenvalue weighted by atomic mass is 19.4. The van der Waals surface area contributed by atoms with E-state index < -0.39 is 12.1 Å². The summed E-state index contributed by atoms with van der Waals surface area (Å²) in [5.41, 5.74) is -0.163. The Hall–Kier alpha value is -0.290. The molecule has 2 nitrogen and oxygen atoms in total. The molecule has 1 aliphatic carbocycles. The highest BCUT2D eigenvalue weighted by Crippen LogP contribution is 2.38. The largest absolute Gasteiger partial charge is 0.396 e. The van der Waals surface area contributed by atoms with Gasteiger partial charge in [0.25, 0.3) is 0 Å². The van der Waals surface area contributed by atoms with Crippen molar-refractivity contribution in [1.82, 2.24) is 4.90 Å². The second-order valence-corrected chi connectivity index (χ2v) is 6.69. The fraction of sp³-hybridized carbons (Fsp3) is 1.00. The summed E-state index contributed by atoms with van der Waals surface area (Å²) in [4.78, 5) is 1.95. The van der Waals surface area contributed by atoms with Crippen molar-refractivity contribution in [1.29, 1.82) is 0 Å². The van der Waals surface area contributed by atoms with Crippen molar-refractivity contribution in [2.45, 2.75) is 57.5 Å². The van der Waals surface area contributed by atoms with E-state index in [9.17, 15) is 18.3 Å². The van der Waals surface area contributed by atoms with Crippen LogP contribution in [0.3, 0.4) is 0 Å². The van der Waals surface area contributed by atoms with Gasteiger partial charge in [0.1, 0.15) is 0 Å². The van der Waals surface area contributed by atoms with Gasteiger partial charge in [-0.25, -0.2) is 0 Å². The van der Waals surface area contributed by atoms with E-state index >= 15 is 0 Å². The summed E-state index contributed by atoms with van der Waals surface area (Å²) in [6, 6.07) is 0. The van der Waals surface area contributed by atoms with Crippen LogP contribution in [0.1, 0.15) is 51.4 Å². The van der Waals surface area contributed by atoms with Crippen LogP contribution in [-0.2, 0) is 0 Å². The molecule has 0 aromatic rings. The molecule has 0 amide bonds. The molecule has 1 atom stereocenters. The van der Waals surface area contributed by atoms with Crippen molar-refractivity contribution in [3.8, 4) is 0 Å². The average Bonchev–Trinajstić information content (AvgIpc) is 2.64. The zero-order valence-electron chi connectivity index (χ0n) is 12.1. The summed E-state index contributed by atoms with van der Waals surface area (Å²) in [5, 5.41) is 9.77. The zero-order valence-corrected chi connectivity index (χ0v) is 12.1. The molecular formula is C15H26F3NO. The van der Waals surface area contributed by atoms with Crippen molar-refractivity contribution in [3.05, 3.63) is 0 Å². The lowest BCUT2D eigenvalue weighted by Crippen LogP contribution is -2.47. The van der Waals surface area contributed by atoms with Crippen LogP contribution in [0.15, 0.2) is 0 Å². The molecule has 1 N–H and O–H groups in total. The normalized spacial score (nSPS) is 29.1. The van der Waals surface area contributed by atoms with Crippen molar-refractivity contribution < 1.29 is 18.3 Å². The van der Waals surface area contributed by atoms with Gasteiger partial charge in [0.05, 0.1) is 5.92 Å². The molecule has 2 aliphatic rings. The summed E-state index contributed by atoms with van der Waals surface area (Å²) >= 11 is 0. The monoisotopic (exact) mass is 293 g/mol. The maximum atomic E-state index is 12.9.